The average Bonchev–Trinajstić information content (AvgIpc) is 2.71. The lowest BCUT2D eigenvalue weighted by molar-refractivity contribution is -0.443. The molecule has 37 heavy (non-hydrogen) atoms. The lowest BCUT2D eigenvalue weighted by Crippen LogP contribution is -2.70. The molecule has 1 N–H and O–H groups in total. The third-order valence-corrected chi connectivity index (χ3v) is 5.18. The largest absolute Gasteiger partial charge is 0.490 e. The van der Waals surface area contributed by atoms with E-state index in [1.807, 2.05) is 0 Å². The van der Waals surface area contributed by atoms with Crippen molar-refractivity contribution in [2.45, 2.75) is 80.4 Å². The summed E-state index contributed by atoms with van der Waals surface area (Å²) in [5.41, 5.74) is -7.09. The number of benzene rings is 1. The summed E-state index contributed by atoms with van der Waals surface area (Å²) in [6, 6.07) is 2.28. The second kappa shape index (κ2) is 9.55. The molecule has 216 valence electrons. The maximum Gasteiger partial charge on any atom is 0.460 e. The maximum atomic E-state index is 14.3. The van der Waals surface area contributed by atoms with Gasteiger partial charge >= 0.3 is 42.0 Å². The first-order chi connectivity index (χ1) is 16.2. The third-order valence-electron chi connectivity index (χ3n) is 5.18. The molecular formula is C19H16F16O2. The Labute approximate surface area is 197 Å². The maximum absolute atomic E-state index is 14.3. The molecule has 0 heterocycles. The summed E-state index contributed by atoms with van der Waals surface area (Å²) in [7, 11) is 0. The van der Waals surface area contributed by atoms with Gasteiger partial charge in [0, 0.05) is 5.56 Å². The Morgan fingerprint density at radius 3 is 1.51 bits per heavy atom. The van der Waals surface area contributed by atoms with E-state index in [1.165, 1.54) is 13.8 Å². The number of rotatable bonds is 10. The van der Waals surface area contributed by atoms with Crippen LogP contribution in [0.4, 0.5) is 70.2 Å². The molecule has 2 nitrogen and oxygen atoms in total. The van der Waals surface area contributed by atoms with Crippen molar-refractivity contribution >= 4 is 0 Å². The van der Waals surface area contributed by atoms with Gasteiger partial charge in [0.1, 0.15) is 5.75 Å². The smallest absolute Gasteiger partial charge is 0.460 e. The number of hydrogen-bond donors (Lipinski definition) is 1. The molecule has 0 aliphatic rings. The van der Waals surface area contributed by atoms with Crippen LogP contribution in [0.2, 0.25) is 0 Å². The summed E-state index contributed by atoms with van der Waals surface area (Å²) in [4.78, 5) is 0. The molecule has 0 aromatic heterocycles. The van der Waals surface area contributed by atoms with E-state index in [0.717, 1.165) is 6.07 Å². The lowest BCUT2D eigenvalue weighted by atomic mass is 9.82. The Morgan fingerprint density at radius 1 is 0.676 bits per heavy atom. The SMILES string of the molecule is CCC(C)Oc1ccccc1C(O)(CC(F)(F)C(F)(F)C(F)(F)C(F)(F)C(F)(F)C(F)(F)F)C(F)(F)F. The van der Waals surface area contributed by atoms with Crippen LogP contribution in [-0.2, 0) is 5.60 Å². The van der Waals surface area contributed by atoms with Gasteiger partial charge in [-0.05, 0) is 19.4 Å². The Hall–Kier alpha value is -2.14. The first kappa shape index (κ1) is 32.9. The predicted molar refractivity (Wildman–Crippen MR) is 92.2 cm³/mol. The van der Waals surface area contributed by atoms with Crippen LogP contribution in [0.3, 0.4) is 0 Å². The van der Waals surface area contributed by atoms with Crippen LogP contribution in [-0.4, -0.2) is 53.2 Å². The molecule has 0 saturated heterocycles. The minimum Gasteiger partial charge on any atom is -0.490 e. The van der Waals surface area contributed by atoms with Gasteiger partial charge in [0.2, 0.25) is 0 Å². The van der Waals surface area contributed by atoms with Crippen molar-refractivity contribution in [3.05, 3.63) is 29.8 Å². The van der Waals surface area contributed by atoms with Crippen molar-refractivity contribution in [2.24, 2.45) is 0 Å². The molecule has 0 fully saturated rings. The molecule has 1 rings (SSSR count). The Balaban J connectivity index is 3.76. The van der Waals surface area contributed by atoms with Crippen LogP contribution in [0.15, 0.2) is 24.3 Å². The fourth-order valence-electron chi connectivity index (χ4n) is 2.79. The van der Waals surface area contributed by atoms with E-state index in [9.17, 15) is 75.4 Å². The van der Waals surface area contributed by atoms with Gasteiger partial charge in [-0.1, -0.05) is 25.1 Å². The van der Waals surface area contributed by atoms with Crippen LogP contribution in [0.1, 0.15) is 32.3 Å². The van der Waals surface area contributed by atoms with Crippen molar-refractivity contribution in [1.82, 2.24) is 0 Å². The van der Waals surface area contributed by atoms with Gasteiger partial charge in [-0.25, -0.2) is 0 Å². The van der Waals surface area contributed by atoms with Gasteiger partial charge in [0.05, 0.1) is 12.5 Å². The van der Waals surface area contributed by atoms with Crippen molar-refractivity contribution in [1.29, 1.82) is 0 Å². The summed E-state index contributed by atoms with van der Waals surface area (Å²) in [5.74, 6) is -40.9. The quantitative estimate of drug-likeness (QED) is 0.287. The van der Waals surface area contributed by atoms with E-state index in [1.54, 1.807) is 0 Å². The van der Waals surface area contributed by atoms with E-state index in [2.05, 4.69) is 0 Å². The van der Waals surface area contributed by atoms with Gasteiger partial charge in [-0.2, -0.15) is 70.2 Å². The van der Waals surface area contributed by atoms with Crippen LogP contribution in [0, 0.1) is 0 Å². The highest BCUT2D eigenvalue weighted by atomic mass is 19.4. The third kappa shape index (κ3) is 5.26. The highest BCUT2D eigenvalue weighted by Gasteiger charge is 2.91. The molecule has 2 unspecified atom stereocenters. The van der Waals surface area contributed by atoms with Crippen molar-refractivity contribution < 1.29 is 80.1 Å². The molecule has 18 heteroatoms. The van der Waals surface area contributed by atoms with Gasteiger partial charge in [-0.3, -0.25) is 0 Å². The van der Waals surface area contributed by atoms with Gasteiger partial charge in [0.15, 0.2) is 5.60 Å². The monoisotopic (exact) mass is 580 g/mol. The van der Waals surface area contributed by atoms with Crippen LogP contribution >= 0.6 is 0 Å². The highest BCUT2D eigenvalue weighted by molar-refractivity contribution is 5.40. The Kier molecular flexibility index (Phi) is 8.49. The van der Waals surface area contributed by atoms with Gasteiger partial charge < -0.3 is 9.84 Å². The van der Waals surface area contributed by atoms with Crippen LogP contribution in [0.25, 0.3) is 0 Å². The summed E-state index contributed by atoms with van der Waals surface area (Å²) in [6.45, 7) is 2.60. The molecule has 1 aromatic carbocycles. The number of halogens is 16. The molecule has 0 spiro atoms. The number of para-hydroxylation sites is 1. The average molecular weight is 580 g/mol. The number of ether oxygens (including phenoxy) is 1. The van der Waals surface area contributed by atoms with Gasteiger partial charge in [0.25, 0.3) is 0 Å². The molecule has 0 aliphatic carbocycles. The molecule has 0 bridgehead atoms. The minimum atomic E-state index is -8.30. The molecule has 0 amide bonds. The molecule has 2 atom stereocenters. The summed E-state index contributed by atoms with van der Waals surface area (Å²) in [6.07, 6.45) is -19.0. The molecular weight excluding hydrogens is 564 g/mol. The van der Waals surface area contributed by atoms with E-state index in [-0.39, 0.29) is 12.5 Å². The van der Waals surface area contributed by atoms with Crippen LogP contribution in [0.5, 0.6) is 5.75 Å². The number of aliphatic hydroxyl groups is 1. The van der Waals surface area contributed by atoms with E-state index >= 15 is 0 Å². The fraction of sp³-hybridized carbons (Fsp3) is 0.684. The Morgan fingerprint density at radius 2 is 1.11 bits per heavy atom. The summed E-state index contributed by atoms with van der Waals surface area (Å²) in [5, 5.41) is 10.1. The zero-order valence-electron chi connectivity index (χ0n) is 18.2. The molecule has 0 radical (unpaired) electrons. The van der Waals surface area contributed by atoms with E-state index < -0.39 is 71.4 Å². The first-order valence-electron chi connectivity index (χ1n) is 9.66. The second-order valence-corrected chi connectivity index (χ2v) is 7.87. The fourth-order valence-corrected chi connectivity index (χ4v) is 2.79. The van der Waals surface area contributed by atoms with Crippen molar-refractivity contribution in [3.8, 4) is 5.75 Å². The summed E-state index contributed by atoms with van der Waals surface area (Å²) < 4.78 is 219. The number of hydrogen-bond acceptors (Lipinski definition) is 2. The Bertz CT molecular complexity index is 937. The van der Waals surface area contributed by atoms with Gasteiger partial charge in [-0.15, -0.1) is 0 Å². The predicted octanol–water partition coefficient (Wildman–Crippen LogP) is 7.74. The lowest BCUT2D eigenvalue weighted by Gasteiger charge is -2.42. The minimum absolute atomic E-state index is 0.0295. The normalized spacial score (nSPS) is 17.4. The van der Waals surface area contributed by atoms with Crippen LogP contribution < -0.4 is 4.74 Å². The standard InChI is InChI=1S/C19H16F16O2/c1-3-9(2)37-11-7-5-4-6-10(11)12(36,18(30,31)32)8-13(20,21)14(22,23)15(24,25)16(26,27)17(28,29)19(33,34)35/h4-7,9,36H,3,8H2,1-2H3. The number of alkyl halides is 16. The van der Waals surface area contributed by atoms with Crippen molar-refractivity contribution in [2.75, 3.05) is 0 Å². The zero-order chi connectivity index (χ0) is 29.7. The molecule has 0 aliphatic heterocycles. The zero-order valence-corrected chi connectivity index (χ0v) is 18.2. The summed E-state index contributed by atoms with van der Waals surface area (Å²) >= 11 is 0. The van der Waals surface area contributed by atoms with Crippen molar-refractivity contribution in [3.63, 3.8) is 0 Å². The molecule has 0 saturated carbocycles. The first-order valence-corrected chi connectivity index (χ1v) is 9.66. The molecule has 1 aromatic rings. The highest BCUT2D eigenvalue weighted by Crippen LogP contribution is 2.62. The van der Waals surface area contributed by atoms with E-state index in [4.69, 9.17) is 4.74 Å². The second-order valence-electron chi connectivity index (χ2n) is 7.87. The van der Waals surface area contributed by atoms with E-state index in [0.29, 0.717) is 12.1 Å². The topological polar surface area (TPSA) is 29.5 Å².